The van der Waals surface area contributed by atoms with Gasteiger partial charge >= 0.3 is 0 Å². The highest BCUT2D eigenvalue weighted by Gasteiger charge is 2.15. The lowest BCUT2D eigenvalue weighted by Crippen LogP contribution is -1.77. The zero-order valence-electron chi connectivity index (χ0n) is 7.83. The first kappa shape index (κ1) is 8.97. The monoisotopic (exact) mass is 184 g/mol. The second-order valence-electron chi connectivity index (χ2n) is 3.49. The van der Waals surface area contributed by atoms with Gasteiger partial charge < -0.3 is 5.48 Å². The van der Waals surface area contributed by atoms with Gasteiger partial charge in [0.1, 0.15) is 0 Å². The Hall–Kier alpha value is -1.60. The van der Waals surface area contributed by atoms with Gasteiger partial charge in [-0.25, -0.2) is 0 Å². The number of rotatable bonds is 0. The molecule has 0 bridgehead atoms. The van der Waals surface area contributed by atoms with Crippen LogP contribution in [0.4, 0.5) is 0 Å². The van der Waals surface area contributed by atoms with E-state index in [2.05, 4.69) is 48.5 Å². The zero-order valence-corrected chi connectivity index (χ0v) is 7.83. The molecule has 0 aliphatic heterocycles. The molecule has 0 aromatic heterocycles. The first-order chi connectivity index (χ1) is 6.45. The van der Waals surface area contributed by atoms with Gasteiger partial charge in [-0.05, 0) is 28.7 Å². The van der Waals surface area contributed by atoms with Gasteiger partial charge in [0.05, 0.1) is 0 Å². The molecule has 2 aromatic carbocycles. The van der Waals surface area contributed by atoms with Crippen molar-refractivity contribution in [2.45, 2.75) is 6.42 Å². The Balaban J connectivity index is 0.000000750. The third-order valence-electron chi connectivity index (χ3n) is 2.71. The van der Waals surface area contributed by atoms with E-state index < -0.39 is 0 Å². The minimum Gasteiger partial charge on any atom is -0.412 e. The van der Waals surface area contributed by atoms with E-state index in [1.54, 1.807) is 0 Å². The Labute approximate surface area is 83.3 Å². The second kappa shape index (κ2) is 3.28. The summed E-state index contributed by atoms with van der Waals surface area (Å²) >= 11 is 0. The predicted molar refractivity (Wildman–Crippen MR) is 58.3 cm³/mol. The molecule has 0 saturated heterocycles. The molecule has 1 heteroatoms. The Morgan fingerprint density at radius 2 is 1.07 bits per heavy atom. The van der Waals surface area contributed by atoms with Crippen LogP contribution in [0, 0.1) is 0 Å². The molecule has 0 fully saturated rings. The Morgan fingerprint density at radius 1 is 0.643 bits per heavy atom. The molecule has 70 valence electrons. The maximum Gasteiger partial charge on any atom is -0.00135 e. The summed E-state index contributed by atoms with van der Waals surface area (Å²) in [4.78, 5) is 0. The zero-order chi connectivity index (χ0) is 8.67. The highest BCUT2D eigenvalue weighted by molar-refractivity contribution is 5.76. The van der Waals surface area contributed by atoms with Crippen LogP contribution in [0.15, 0.2) is 48.5 Å². The lowest BCUT2D eigenvalue weighted by Gasteiger charge is -1.98. The third-order valence-corrected chi connectivity index (χ3v) is 2.71. The summed E-state index contributed by atoms with van der Waals surface area (Å²) in [6, 6.07) is 17.3. The van der Waals surface area contributed by atoms with E-state index >= 15 is 0 Å². The van der Waals surface area contributed by atoms with Crippen molar-refractivity contribution in [1.82, 2.24) is 0 Å². The Bertz CT molecular complexity index is 417. The van der Waals surface area contributed by atoms with Crippen molar-refractivity contribution in [2.75, 3.05) is 0 Å². The van der Waals surface area contributed by atoms with Crippen molar-refractivity contribution in [1.29, 1.82) is 0 Å². The summed E-state index contributed by atoms with van der Waals surface area (Å²) in [6.07, 6.45) is 1.10. The fourth-order valence-electron chi connectivity index (χ4n) is 2.08. The minimum absolute atomic E-state index is 0. The highest BCUT2D eigenvalue weighted by Crippen LogP contribution is 2.35. The number of benzene rings is 2. The molecule has 2 N–H and O–H groups in total. The van der Waals surface area contributed by atoms with E-state index in [0.29, 0.717) is 0 Å². The molecule has 0 saturated carbocycles. The standard InChI is InChI=1S/C13H10.H2O/c1-3-7-12-10(5-1)9-11-6-2-4-8-13(11)12;/h1-8H,9H2;1H2. The number of fused-ring (bicyclic) bond motifs is 3. The summed E-state index contributed by atoms with van der Waals surface area (Å²) in [5, 5.41) is 0. The van der Waals surface area contributed by atoms with Crippen LogP contribution in [0.2, 0.25) is 0 Å². The molecule has 2 aromatic rings. The third kappa shape index (κ3) is 1.14. The predicted octanol–water partition coefficient (Wildman–Crippen LogP) is 2.43. The molecule has 0 radical (unpaired) electrons. The molecule has 0 heterocycles. The Kier molecular flexibility index (Phi) is 2.10. The molecule has 0 spiro atoms. The lowest BCUT2D eigenvalue weighted by molar-refractivity contribution is 0.824. The molecule has 1 aliphatic carbocycles. The van der Waals surface area contributed by atoms with Gasteiger partial charge in [-0.3, -0.25) is 0 Å². The molecule has 3 rings (SSSR count). The molecule has 1 nitrogen and oxygen atoms in total. The molecule has 14 heavy (non-hydrogen) atoms. The van der Waals surface area contributed by atoms with Crippen LogP contribution in [0.5, 0.6) is 0 Å². The quantitative estimate of drug-likeness (QED) is 0.514. The second-order valence-corrected chi connectivity index (χ2v) is 3.49. The SMILES string of the molecule is O.c1ccc2c(c1)Cc1ccccc1-2. The van der Waals surface area contributed by atoms with Crippen molar-refractivity contribution in [3.8, 4) is 11.1 Å². The molecule has 0 atom stereocenters. The van der Waals surface area contributed by atoms with Crippen molar-refractivity contribution in [2.24, 2.45) is 0 Å². The maximum atomic E-state index is 2.22. The molecule has 0 amide bonds. The topological polar surface area (TPSA) is 31.5 Å². The van der Waals surface area contributed by atoms with Crippen LogP contribution >= 0.6 is 0 Å². The fourth-order valence-corrected chi connectivity index (χ4v) is 2.08. The fraction of sp³-hybridized carbons (Fsp3) is 0.0769. The molecule has 1 aliphatic rings. The summed E-state index contributed by atoms with van der Waals surface area (Å²) < 4.78 is 0. The molecular weight excluding hydrogens is 172 g/mol. The first-order valence-electron chi connectivity index (χ1n) is 4.61. The van der Waals surface area contributed by atoms with Gasteiger partial charge in [-0.1, -0.05) is 48.5 Å². The lowest BCUT2D eigenvalue weighted by atomic mass is 10.1. The summed E-state index contributed by atoms with van der Waals surface area (Å²) in [5.74, 6) is 0. The van der Waals surface area contributed by atoms with Crippen molar-refractivity contribution < 1.29 is 5.48 Å². The van der Waals surface area contributed by atoms with Crippen molar-refractivity contribution in [3.05, 3.63) is 59.7 Å². The molecular formula is C13H12O. The van der Waals surface area contributed by atoms with Crippen molar-refractivity contribution >= 4 is 0 Å². The van der Waals surface area contributed by atoms with Gasteiger partial charge in [0.2, 0.25) is 0 Å². The Morgan fingerprint density at radius 3 is 1.57 bits per heavy atom. The van der Waals surface area contributed by atoms with Gasteiger partial charge in [0.25, 0.3) is 0 Å². The highest BCUT2D eigenvalue weighted by atomic mass is 16.0. The van der Waals surface area contributed by atoms with E-state index in [-0.39, 0.29) is 5.48 Å². The average molecular weight is 184 g/mol. The maximum absolute atomic E-state index is 2.22. The first-order valence-corrected chi connectivity index (χ1v) is 4.61. The molecule has 0 unspecified atom stereocenters. The van der Waals surface area contributed by atoms with Gasteiger partial charge in [0.15, 0.2) is 0 Å². The van der Waals surface area contributed by atoms with Crippen LogP contribution in [0.25, 0.3) is 11.1 Å². The smallest absolute Gasteiger partial charge is 0.00135 e. The van der Waals surface area contributed by atoms with Crippen LogP contribution < -0.4 is 0 Å². The van der Waals surface area contributed by atoms with E-state index in [9.17, 15) is 0 Å². The van der Waals surface area contributed by atoms with Crippen LogP contribution in [0.3, 0.4) is 0 Å². The summed E-state index contributed by atoms with van der Waals surface area (Å²) in [7, 11) is 0. The average Bonchev–Trinajstić information content (AvgIpc) is 2.56. The van der Waals surface area contributed by atoms with Crippen LogP contribution in [0.1, 0.15) is 11.1 Å². The summed E-state index contributed by atoms with van der Waals surface area (Å²) in [5.41, 5.74) is 5.75. The van der Waals surface area contributed by atoms with Gasteiger partial charge in [-0.15, -0.1) is 0 Å². The minimum atomic E-state index is 0. The van der Waals surface area contributed by atoms with Crippen LogP contribution in [-0.4, -0.2) is 5.48 Å². The van der Waals surface area contributed by atoms with E-state index in [1.165, 1.54) is 22.3 Å². The van der Waals surface area contributed by atoms with Gasteiger partial charge in [-0.2, -0.15) is 0 Å². The van der Waals surface area contributed by atoms with E-state index in [4.69, 9.17) is 0 Å². The largest absolute Gasteiger partial charge is 0.412 e. The summed E-state index contributed by atoms with van der Waals surface area (Å²) in [6.45, 7) is 0. The van der Waals surface area contributed by atoms with Gasteiger partial charge in [0, 0.05) is 0 Å². The number of hydrogen-bond acceptors (Lipinski definition) is 0. The van der Waals surface area contributed by atoms with E-state index in [0.717, 1.165) is 6.42 Å². The normalized spacial score (nSPS) is 11.4. The van der Waals surface area contributed by atoms with Crippen molar-refractivity contribution in [3.63, 3.8) is 0 Å². The van der Waals surface area contributed by atoms with E-state index in [1.807, 2.05) is 0 Å². The van der Waals surface area contributed by atoms with Crippen LogP contribution in [-0.2, 0) is 6.42 Å². The number of hydrogen-bond donors (Lipinski definition) is 0.